The normalized spacial score (nSPS) is 11.2. The minimum atomic E-state index is -0.196. The molecule has 0 amide bonds. The van der Waals surface area contributed by atoms with Crippen molar-refractivity contribution in [1.29, 1.82) is 0 Å². The maximum Gasteiger partial charge on any atom is 0.275 e. The van der Waals surface area contributed by atoms with Crippen molar-refractivity contribution < 1.29 is 0 Å². The molecule has 2 rings (SSSR count). The van der Waals surface area contributed by atoms with E-state index in [1.807, 2.05) is 0 Å². The van der Waals surface area contributed by atoms with Crippen molar-refractivity contribution in [3.05, 3.63) is 22.2 Å². The molecule has 0 atom stereocenters. The summed E-state index contributed by atoms with van der Waals surface area (Å²) < 4.78 is 0. The number of H-pyrrole nitrogens is 2. The standard InChI is InChI=1S/C15H24N4O/c1-2-3-4-5-6-7-8-9-11-12-13(18-10-17-12)15(20)19-14(11)16/h10H,2-9H2,1H3,(H,17,18)(H3,16,19,20). The number of anilines is 1. The second-order valence-corrected chi connectivity index (χ2v) is 5.34. The van der Waals surface area contributed by atoms with Crippen molar-refractivity contribution >= 4 is 16.9 Å². The van der Waals surface area contributed by atoms with Crippen LogP contribution in [-0.2, 0) is 6.42 Å². The number of aromatic amines is 2. The average molecular weight is 276 g/mol. The summed E-state index contributed by atoms with van der Waals surface area (Å²) in [5.41, 5.74) is 7.93. The molecule has 0 aliphatic rings. The Bertz CT molecular complexity index is 599. The molecule has 2 aromatic heterocycles. The van der Waals surface area contributed by atoms with Gasteiger partial charge < -0.3 is 15.7 Å². The van der Waals surface area contributed by atoms with Gasteiger partial charge in [-0.1, -0.05) is 45.4 Å². The number of rotatable bonds is 8. The Morgan fingerprint density at radius 2 is 1.85 bits per heavy atom. The molecule has 5 nitrogen and oxygen atoms in total. The molecular weight excluding hydrogens is 252 g/mol. The summed E-state index contributed by atoms with van der Waals surface area (Å²) in [4.78, 5) is 21.5. The van der Waals surface area contributed by atoms with E-state index in [1.54, 1.807) is 6.33 Å². The van der Waals surface area contributed by atoms with Crippen LogP contribution in [-0.4, -0.2) is 15.0 Å². The van der Waals surface area contributed by atoms with Gasteiger partial charge in [-0.15, -0.1) is 0 Å². The zero-order chi connectivity index (χ0) is 14.4. The fourth-order valence-corrected chi connectivity index (χ4v) is 2.60. The first-order valence-corrected chi connectivity index (χ1v) is 7.57. The number of hydrogen-bond donors (Lipinski definition) is 3. The molecule has 0 aliphatic heterocycles. The largest absolute Gasteiger partial charge is 0.385 e. The summed E-state index contributed by atoms with van der Waals surface area (Å²) in [6, 6.07) is 0. The third-order valence-electron chi connectivity index (χ3n) is 3.76. The van der Waals surface area contributed by atoms with E-state index in [0.717, 1.165) is 23.9 Å². The van der Waals surface area contributed by atoms with Gasteiger partial charge >= 0.3 is 0 Å². The molecule has 0 spiro atoms. The highest BCUT2D eigenvalue weighted by Gasteiger charge is 2.11. The van der Waals surface area contributed by atoms with Crippen LogP contribution in [0.3, 0.4) is 0 Å². The van der Waals surface area contributed by atoms with Crippen LogP contribution >= 0.6 is 0 Å². The van der Waals surface area contributed by atoms with E-state index in [9.17, 15) is 4.79 Å². The van der Waals surface area contributed by atoms with E-state index in [2.05, 4.69) is 21.9 Å². The van der Waals surface area contributed by atoms with Gasteiger partial charge in [-0.3, -0.25) is 4.79 Å². The predicted molar refractivity (Wildman–Crippen MR) is 82.8 cm³/mol. The monoisotopic (exact) mass is 276 g/mol. The second-order valence-electron chi connectivity index (χ2n) is 5.34. The molecule has 110 valence electrons. The van der Waals surface area contributed by atoms with Crippen molar-refractivity contribution in [3.63, 3.8) is 0 Å². The van der Waals surface area contributed by atoms with Gasteiger partial charge in [-0.2, -0.15) is 0 Å². The molecule has 0 unspecified atom stereocenters. The Balaban J connectivity index is 1.90. The number of fused-ring (bicyclic) bond motifs is 1. The third kappa shape index (κ3) is 3.40. The average Bonchev–Trinajstić information content (AvgIpc) is 2.90. The lowest BCUT2D eigenvalue weighted by molar-refractivity contribution is 0.590. The molecule has 2 aromatic rings. The number of hydrogen-bond acceptors (Lipinski definition) is 3. The van der Waals surface area contributed by atoms with E-state index in [0.29, 0.717) is 11.3 Å². The molecular formula is C15H24N4O. The highest BCUT2D eigenvalue weighted by atomic mass is 16.1. The van der Waals surface area contributed by atoms with E-state index in [1.165, 1.54) is 38.5 Å². The molecule has 0 saturated carbocycles. The number of nitrogens with one attached hydrogen (secondary N) is 2. The SMILES string of the molecule is CCCCCCCCCc1c(N)[nH]c(=O)c2[nH]cnc12. The van der Waals surface area contributed by atoms with Gasteiger partial charge in [0.15, 0.2) is 0 Å². The zero-order valence-corrected chi connectivity index (χ0v) is 12.2. The van der Waals surface area contributed by atoms with E-state index < -0.39 is 0 Å². The Kier molecular flexibility index (Phi) is 5.21. The van der Waals surface area contributed by atoms with Gasteiger partial charge in [0.1, 0.15) is 16.9 Å². The number of aryl methyl sites for hydroxylation is 1. The number of imidazole rings is 1. The summed E-state index contributed by atoms with van der Waals surface area (Å²) in [5.74, 6) is 0.459. The van der Waals surface area contributed by atoms with Gasteiger partial charge in [-0.25, -0.2) is 4.98 Å². The highest BCUT2D eigenvalue weighted by Crippen LogP contribution is 2.19. The molecule has 0 aliphatic carbocycles. The van der Waals surface area contributed by atoms with Crippen molar-refractivity contribution in [2.24, 2.45) is 0 Å². The van der Waals surface area contributed by atoms with Crippen LogP contribution in [0.1, 0.15) is 57.4 Å². The highest BCUT2D eigenvalue weighted by molar-refractivity contribution is 5.80. The van der Waals surface area contributed by atoms with Crippen LogP contribution in [0.25, 0.3) is 11.0 Å². The molecule has 0 bridgehead atoms. The van der Waals surface area contributed by atoms with Crippen molar-refractivity contribution in [2.45, 2.75) is 58.3 Å². The van der Waals surface area contributed by atoms with Crippen LogP contribution < -0.4 is 11.3 Å². The number of pyridine rings is 1. The Hall–Kier alpha value is -1.78. The molecule has 2 heterocycles. The summed E-state index contributed by atoms with van der Waals surface area (Å²) in [6.07, 6.45) is 11.2. The van der Waals surface area contributed by atoms with E-state index in [4.69, 9.17) is 5.73 Å². The van der Waals surface area contributed by atoms with Crippen molar-refractivity contribution in [3.8, 4) is 0 Å². The first-order valence-electron chi connectivity index (χ1n) is 7.57. The predicted octanol–water partition coefficient (Wildman–Crippen LogP) is 3.13. The molecule has 0 aromatic carbocycles. The summed E-state index contributed by atoms with van der Waals surface area (Å²) >= 11 is 0. The zero-order valence-electron chi connectivity index (χ0n) is 12.2. The molecule has 5 heteroatoms. The minimum Gasteiger partial charge on any atom is -0.385 e. The van der Waals surface area contributed by atoms with Crippen LogP contribution in [0.2, 0.25) is 0 Å². The summed E-state index contributed by atoms with van der Waals surface area (Å²) in [7, 11) is 0. The first-order chi connectivity index (χ1) is 9.74. The van der Waals surface area contributed by atoms with Gasteiger partial charge in [0, 0.05) is 5.56 Å². The molecule has 0 fully saturated rings. The minimum absolute atomic E-state index is 0.196. The summed E-state index contributed by atoms with van der Waals surface area (Å²) in [5, 5.41) is 0. The number of aromatic nitrogens is 3. The van der Waals surface area contributed by atoms with E-state index >= 15 is 0 Å². The van der Waals surface area contributed by atoms with Gasteiger partial charge in [0.2, 0.25) is 0 Å². The Morgan fingerprint density at radius 1 is 1.15 bits per heavy atom. The lowest BCUT2D eigenvalue weighted by Gasteiger charge is -2.06. The number of nitrogen functional groups attached to an aromatic ring is 1. The van der Waals surface area contributed by atoms with Crippen molar-refractivity contribution in [2.75, 3.05) is 5.73 Å². The summed E-state index contributed by atoms with van der Waals surface area (Å²) in [6.45, 7) is 2.23. The first kappa shape index (κ1) is 14.6. The molecule has 0 saturated heterocycles. The molecule has 4 N–H and O–H groups in total. The van der Waals surface area contributed by atoms with Crippen LogP contribution in [0.15, 0.2) is 11.1 Å². The van der Waals surface area contributed by atoms with Crippen LogP contribution in [0.4, 0.5) is 5.82 Å². The fourth-order valence-electron chi connectivity index (χ4n) is 2.60. The third-order valence-corrected chi connectivity index (χ3v) is 3.76. The van der Waals surface area contributed by atoms with Gasteiger partial charge in [0.25, 0.3) is 5.56 Å². The molecule has 0 radical (unpaired) electrons. The quantitative estimate of drug-likeness (QED) is 0.647. The topological polar surface area (TPSA) is 87.6 Å². The number of nitrogens with zero attached hydrogens (tertiary/aromatic N) is 1. The number of nitrogens with two attached hydrogens (primary N) is 1. The number of unbranched alkanes of at least 4 members (excludes halogenated alkanes) is 6. The maximum atomic E-state index is 11.7. The van der Waals surface area contributed by atoms with Gasteiger partial charge in [0.05, 0.1) is 6.33 Å². The smallest absolute Gasteiger partial charge is 0.275 e. The van der Waals surface area contributed by atoms with Crippen LogP contribution in [0.5, 0.6) is 0 Å². The second kappa shape index (κ2) is 7.12. The van der Waals surface area contributed by atoms with E-state index in [-0.39, 0.29) is 5.56 Å². The lowest BCUT2D eigenvalue weighted by Crippen LogP contribution is -2.12. The Labute approximate surface area is 119 Å². The molecule has 20 heavy (non-hydrogen) atoms. The van der Waals surface area contributed by atoms with Gasteiger partial charge in [-0.05, 0) is 12.8 Å². The maximum absolute atomic E-state index is 11.7. The van der Waals surface area contributed by atoms with Crippen molar-refractivity contribution in [1.82, 2.24) is 15.0 Å². The lowest BCUT2D eigenvalue weighted by atomic mass is 10.0. The van der Waals surface area contributed by atoms with Crippen LogP contribution in [0, 0.1) is 0 Å². The fraction of sp³-hybridized carbons (Fsp3) is 0.600. The Morgan fingerprint density at radius 3 is 2.60 bits per heavy atom.